The van der Waals surface area contributed by atoms with E-state index in [9.17, 15) is 40.3 Å². The van der Waals surface area contributed by atoms with Gasteiger partial charge in [0.25, 0.3) is 0 Å². The zero-order chi connectivity index (χ0) is 29.8. The summed E-state index contributed by atoms with van der Waals surface area (Å²) in [6.07, 6.45) is -4.86. The maximum absolute atomic E-state index is 13.8. The Labute approximate surface area is 218 Å². The lowest BCUT2D eigenvalue weighted by Crippen LogP contribution is -2.42. The van der Waals surface area contributed by atoms with Crippen molar-refractivity contribution in [1.29, 1.82) is 0 Å². The molecule has 12 nitrogen and oxygen atoms in total. The predicted molar refractivity (Wildman–Crippen MR) is 124 cm³/mol. The van der Waals surface area contributed by atoms with E-state index in [1.54, 1.807) is 24.3 Å². The number of alkyl halides is 3. The van der Waals surface area contributed by atoms with E-state index in [0.29, 0.717) is 24.3 Å². The Morgan fingerprint density at radius 2 is 1.54 bits per heavy atom. The van der Waals surface area contributed by atoms with Crippen LogP contribution in [0.1, 0.15) is 12.0 Å². The first kappa shape index (κ1) is 32.8. The van der Waals surface area contributed by atoms with E-state index in [-0.39, 0.29) is 19.0 Å². The van der Waals surface area contributed by atoms with Crippen molar-refractivity contribution < 1.29 is 59.7 Å². The number of nitrogens with one attached hydrogen (secondary N) is 1. The zero-order valence-electron chi connectivity index (χ0n) is 19.7. The Balaban J connectivity index is 0.000000956. The minimum Gasteiger partial charge on any atom is -0.493 e. The summed E-state index contributed by atoms with van der Waals surface area (Å²) in [6, 6.07) is 7.08. The summed E-state index contributed by atoms with van der Waals surface area (Å²) in [5, 5.41) is 19.9. The summed E-state index contributed by atoms with van der Waals surface area (Å²) in [6.45, 7) is 0.532. The third kappa shape index (κ3) is 11.8. The molecule has 0 radical (unpaired) electrons. The van der Waals surface area contributed by atoms with Crippen molar-refractivity contribution in [2.24, 2.45) is 16.6 Å². The Hall–Kier alpha value is -4.19. The minimum absolute atomic E-state index is 0.192. The molecule has 0 aromatic heterocycles. The molecule has 2 rings (SSSR count). The van der Waals surface area contributed by atoms with E-state index in [1.165, 1.54) is 0 Å². The number of hydrogen-bond donors (Lipinski definition) is 5. The Kier molecular flexibility index (Phi) is 12.4. The van der Waals surface area contributed by atoms with Gasteiger partial charge in [-0.25, -0.2) is 22.0 Å². The van der Waals surface area contributed by atoms with Crippen LogP contribution in [0.2, 0.25) is 0 Å². The molecule has 7 N–H and O–H groups in total. The third-order valence-corrected chi connectivity index (χ3v) is 5.73. The first-order valence-electron chi connectivity index (χ1n) is 10.5. The number of carboxylic acid groups (broad SMARTS) is 2. The number of carbonyl (C=O) groups is 2. The van der Waals surface area contributed by atoms with Gasteiger partial charge in [-0.3, -0.25) is 4.79 Å². The van der Waals surface area contributed by atoms with Gasteiger partial charge in [0.15, 0.2) is 4.90 Å². The first-order valence-corrected chi connectivity index (χ1v) is 11.9. The molecule has 0 fully saturated rings. The molecule has 0 aliphatic heterocycles. The normalized spacial score (nSPS) is 11.9. The number of aliphatic carboxylic acids is 2. The second-order valence-electron chi connectivity index (χ2n) is 7.27. The van der Waals surface area contributed by atoms with E-state index in [4.69, 9.17) is 30.9 Å². The fraction of sp³-hybridized carbons (Fsp3) is 0.286. The summed E-state index contributed by atoms with van der Waals surface area (Å²) in [5.41, 5.74) is 10.7. The van der Waals surface area contributed by atoms with E-state index >= 15 is 0 Å². The van der Waals surface area contributed by atoms with Crippen LogP contribution in [0.25, 0.3) is 0 Å². The average Bonchev–Trinajstić information content (AvgIpc) is 2.81. The van der Waals surface area contributed by atoms with E-state index in [1.807, 2.05) is 4.72 Å². The lowest BCUT2D eigenvalue weighted by Gasteiger charge is -2.16. The van der Waals surface area contributed by atoms with E-state index < -0.39 is 50.7 Å². The van der Waals surface area contributed by atoms with Crippen molar-refractivity contribution in [3.05, 3.63) is 59.7 Å². The van der Waals surface area contributed by atoms with E-state index in [2.05, 4.69) is 5.16 Å². The van der Waals surface area contributed by atoms with Gasteiger partial charge < -0.3 is 31.3 Å². The lowest BCUT2D eigenvalue weighted by atomic mass is 10.1. The van der Waals surface area contributed by atoms with Crippen molar-refractivity contribution >= 4 is 27.9 Å². The number of guanidine groups is 1. The fourth-order valence-electron chi connectivity index (χ4n) is 2.56. The van der Waals surface area contributed by atoms with Crippen molar-refractivity contribution in [2.75, 3.05) is 13.2 Å². The van der Waals surface area contributed by atoms with Crippen LogP contribution in [0.5, 0.6) is 5.75 Å². The van der Waals surface area contributed by atoms with Crippen LogP contribution in [0.4, 0.5) is 22.0 Å². The molecule has 0 heterocycles. The highest BCUT2D eigenvalue weighted by atomic mass is 32.2. The summed E-state index contributed by atoms with van der Waals surface area (Å²) >= 11 is 0. The fourth-order valence-corrected chi connectivity index (χ4v) is 3.88. The van der Waals surface area contributed by atoms with Gasteiger partial charge in [0, 0.05) is 6.42 Å². The molecular formula is C21H23F5N4O8S. The van der Waals surface area contributed by atoms with Crippen LogP contribution in [-0.2, 0) is 30.9 Å². The molecule has 0 amide bonds. The number of nitrogens with zero attached hydrogens (tertiary/aromatic N) is 1. The van der Waals surface area contributed by atoms with Crippen LogP contribution >= 0.6 is 0 Å². The quantitative estimate of drug-likeness (QED) is 0.0798. The second kappa shape index (κ2) is 14.7. The van der Waals surface area contributed by atoms with Gasteiger partial charge in [0.05, 0.1) is 6.61 Å². The second-order valence-corrected chi connectivity index (χ2v) is 8.92. The van der Waals surface area contributed by atoms with Crippen molar-refractivity contribution in [3.63, 3.8) is 0 Å². The van der Waals surface area contributed by atoms with Gasteiger partial charge in [0.1, 0.15) is 30.0 Å². The van der Waals surface area contributed by atoms with Gasteiger partial charge in [-0.1, -0.05) is 18.2 Å². The minimum atomic E-state index is -5.08. The Morgan fingerprint density at radius 3 is 2.00 bits per heavy atom. The summed E-state index contributed by atoms with van der Waals surface area (Å²) < 4.78 is 91.4. The lowest BCUT2D eigenvalue weighted by molar-refractivity contribution is -0.192. The Morgan fingerprint density at radius 1 is 1.00 bits per heavy atom. The first-order chi connectivity index (χ1) is 18.0. The highest BCUT2D eigenvalue weighted by molar-refractivity contribution is 7.89. The number of nitrogens with two attached hydrogens (primary N) is 2. The molecule has 0 unspecified atom stereocenters. The number of rotatable bonds is 12. The zero-order valence-corrected chi connectivity index (χ0v) is 20.5. The molecule has 0 aliphatic rings. The van der Waals surface area contributed by atoms with Crippen LogP contribution in [0.3, 0.4) is 0 Å². The van der Waals surface area contributed by atoms with Crippen molar-refractivity contribution in [3.8, 4) is 5.75 Å². The molecule has 0 saturated heterocycles. The number of ether oxygens (including phenoxy) is 1. The number of oxime groups is 1. The molecule has 39 heavy (non-hydrogen) atoms. The standard InChI is InChI=1S/C19H22F2N4O6S.C2HF3O2/c20-14-3-1-4-15(21)17(14)32(28,29)25-16(18(26)27)11-12-5-7-13(8-6-12)30-9-2-10-31-24-19(22)23;3-2(4,5)1(6)7/h1,3-8,16,25H,2,9-11H2,(H,26,27)(H4,22,23,24);(H,6,7)/t16-;/m0./s1. The van der Waals surface area contributed by atoms with Crippen molar-refractivity contribution in [2.45, 2.75) is 30.0 Å². The van der Waals surface area contributed by atoms with Gasteiger partial charge in [-0.2, -0.15) is 17.9 Å². The van der Waals surface area contributed by atoms with E-state index in [0.717, 1.165) is 18.2 Å². The Bertz CT molecular complexity index is 1230. The molecule has 0 saturated carbocycles. The molecule has 216 valence electrons. The molecular weight excluding hydrogens is 563 g/mol. The van der Waals surface area contributed by atoms with Crippen LogP contribution < -0.4 is 20.9 Å². The number of halogens is 5. The number of carboxylic acids is 2. The largest absolute Gasteiger partial charge is 0.493 e. The number of sulfonamides is 1. The maximum Gasteiger partial charge on any atom is 0.490 e. The molecule has 18 heteroatoms. The van der Waals surface area contributed by atoms with Crippen LogP contribution in [0.15, 0.2) is 52.5 Å². The molecule has 2 aromatic carbocycles. The average molecular weight is 586 g/mol. The predicted octanol–water partition coefficient (Wildman–Crippen LogP) is 1.55. The molecule has 0 aliphatic carbocycles. The van der Waals surface area contributed by atoms with Crippen molar-refractivity contribution in [1.82, 2.24) is 4.72 Å². The smallest absolute Gasteiger partial charge is 0.490 e. The molecule has 2 aromatic rings. The molecule has 0 spiro atoms. The van der Waals surface area contributed by atoms with Crippen LogP contribution in [0, 0.1) is 11.6 Å². The monoisotopic (exact) mass is 586 g/mol. The number of benzene rings is 2. The third-order valence-electron chi connectivity index (χ3n) is 4.21. The van der Waals surface area contributed by atoms with Gasteiger partial charge in [0.2, 0.25) is 16.0 Å². The maximum atomic E-state index is 13.8. The highest BCUT2D eigenvalue weighted by Crippen LogP contribution is 2.20. The molecule has 0 bridgehead atoms. The van der Waals surface area contributed by atoms with Gasteiger partial charge >= 0.3 is 18.1 Å². The highest BCUT2D eigenvalue weighted by Gasteiger charge is 2.38. The summed E-state index contributed by atoms with van der Waals surface area (Å²) in [4.78, 5) is 24.0. The van der Waals surface area contributed by atoms with Crippen LogP contribution in [-0.4, -0.2) is 62.0 Å². The summed E-state index contributed by atoms with van der Waals surface area (Å²) in [5.74, 6) is -6.63. The SMILES string of the molecule is NC(N)=NOCCCOc1ccc(C[C@H](NS(=O)(=O)c2c(F)cccc2F)C(=O)O)cc1.O=C(O)C(F)(F)F. The molecule has 1 atom stereocenters. The summed E-state index contributed by atoms with van der Waals surface area (Å²) in [7, 11) is -4.76. The van der Waals surface area contributed by atoms with Gasteiger partial charge in [-0.15, -0.1) is 0 Å². The topological polar surface area (TPSA) is 204 Å². The van der Waals surface area contributed by atoms with Gasteiger partial charge in [-0.05, 0) is 41.4 Å². The number of hydrogen-bond acceptors (Lipinski definition) is 7.